The molecule has 2 aliphatic heterocycles. The van der Waals surface area contributed by atoms with Gasteiger partial charge in [0.05, 0.1) is 63.3 Å². The van der Waals surface area contributed by atoms with Crippen molar-refractivity contribution in [3.8, 4) is 40.2 Å². The Labute approximate surface area is 754 Å². The van der Waals surface area contributed by atoms with Gasteiger partial charge in [0, 0.05) is 111 Å². The first-order chi connectivity index (χ1) is 63.0. The topological polar surface area (TPSA) is 353 Å². The minimum Gasteiger partial charge on any atom is -0.434 e. The van der Waals surface area contributed by atoms with Crippen LogP contribution in [0.1, 0.15) is 265 Å². The van der Waals surface area contributed by atoms with Gasteiger partial charge in [0.2, 0.25) is 27.1 Å². The average molecular weight is 1800 g/mol. The van der Waals surface area contributed by atoms with Gasteiger partial charge in [-0.2, -0.15) is 5.26 Å². The van der Waals surface area contributed by atoms with Crippen molar-refractivity contribution < 1.29 is 88.2 Å². The van der Waals surface area contributed by atoms with Gasteiger partial charge in [-0.1, -0.05) is 173 Å². The zero-order valence-electron chi connectivity index (χ0n) is 79.5. The Bertz CT molecular complexity index is 4330. The number of aliphatic hydroxyl groups excluding tert-OH is 2. The highest BCUT2D eigenvalue weighted by molar-refractivity contribution is 7.44. The first-order valence-corrected chi connectivity index (χ1v) is 46.8. The van der Waals surface area contributed by atoms with E-state index in [2.05, 4.69) is 139 Å². The summed E-state index contributed by atoms with van der Waals surface area (Å²) in [4.78, 5) is 92.7. The number of carbonyl (C=O) groups excluding carboxylic acids is 5. The van der Waals surface area contributed by atoms with E-state index in [0.717, 1.165) is 106 Å². The van der Waals surface area contributed by atoms with Crippen LogP contribution in [0.15, 0.2) is 113 Å². The number of rotatable bonds is 52. The Balaban J connectivity index is 0.000000378. The van der Waals surface area contributed by atoms with Crippen LogP contribution in [0.25, 0.3) is 27.1 Å². The molecule has 2 saturated heterocycles. The molecule has 3 heterocycles. The quantitative estimate of drug-likeness (QED) is 0.00692. The lowest BCUT2D eigenvalue weighted by Crippen LogP contribution is -2.35. The van der Waals surface area contributed by atoms with Crippen molar-refractivity contribution in [2.75, 3.05) is 86.6 Å². The lowest BCUT2D eigenvalue weighted by atomic mass is 9.98. The van der Waals surface area contributed by atoms with Crippen LogP contribution in [-0.2, 0) is 65.6 Å². The molecule has 1 aromatic heterocycles. The number of carbonyl (C=O) groups is 5. The molecular weight excluding hydrogens is 1650 g/mol. The molecule has 2 aliphatic carbocycles. The Morgan fingerprint density at radius 2 is 0.984 bits per heavy atom. The number of benzene rings is 4. The SMILES string of the molecule is [2H]CC1OC(OCCCCCCNC(=O)CCCCCCCCCCCOC(=O)OCC2c3ccccc3-c3ccccc32)CC1OP(OCCC#N)N(C(C)C)C(C)C.[2H]CC1OC(n2cc(C#CCNC(=O)CCC(=O)NCCCCCCOC(=O)OCC3c4ccccc4-c4ccccc43)c(=O)[nH]c2=O)CC1OP(OCC[N+]#[C-])N(C(C)C)C(C)C.[3H]OC.[3H]OC. The summed E-state index contributed by atoms with van der Waals surface area (Å²) in [5.74, 6) is 4.91. The number of ether oxygens (including phenoxy) is 7. The summed E-state index contributed by atoms with van der Waals surface area (Å²) >= 11 is 0. The standard InChI is InChI=1S/C47H72N3O8P.C46H59N6O10P.2CH4O/c1-36(2)50(37(3)4)59(56-33-23-29-48)58-44-34-46(57-38(44)5)53-31-21-14-12-20-30-49-45(51)28-15-11-9-7-6-8-10-13-22-32-54-47(52)55-35-43-41-26-18-16-24-39(41)40-25-17-19-27-42(40)43;1-31(2)52(32(3)4)63(60-27-25-47-6)62-40-28-43(61-33(40)5)51-29-34(44(55)50-45(51)56)16-15-24-49-42(54)22-21-41(53)48-23-13-7-8-14-26-58-46(57)59-30-39-37-19-11-9-17-35(37)36-18-10-12-20-38(36)39;2*1-2/h16-19,24-27,36-38,43-44,46H,6-15,20-23,28,30-35H2,1-5H3,(H,49,51);9-12,17-20,29,31-33,39-40,43H,7-8,13-14,21-28,30H2,1-5H3,(H,48,53)(H,49,54)(H,50,55,56);2*2H,1H3/i2*5D;2*2T. The van der Waals surface area contributed by atoms with E-state index >= 15 is 0 Å². The number of hydrogen-bond donors (Lipinski definition) is 6. The van der Waals surface area contributed by atoms with E-state index < -0.39 is 71.2 Å². The lowest BCUT2D eigenvalue weighted by molar-refractivity contribution is -0.131. The minimum absolute atomic E-state index is 0.00865. The second-order valence-corrected chi connectivity index (χ2v) is 34.8. The van der Waals surface area contributed by atoms with E-state index in [1.165, 1.54) is 66.5 Å². The monoisotopic (exact) mass is 1790 g/mol. The Hall–Kier alpha value is -8.53. The molecule has 4 aromatic carbocycles. The number of nitriles is 1. The van der Waals surface area contributed by atoms with Crippen molar-refractivity contribution in [1.82, 2.24) is 34.8 Å². The summed E-state index contributed by atoms with van der Waals surface area (Å²) < 4.78 is 97.7. The molecule has 0 saturated carbocycles. The van der Waals surface area contributed by atoms with Crippen LogP contribution >= 0.6 is 17.1 Å². The molecular formula is C95H139N9O20P2. The molecule has 8 atom stereocenters. The third-order valence-electron chi connectivity index (χ3n) is 21.3. The smallest absolute Gasteiger partial charge is 0.434 e. The van der Waals surface area contributed by atoms with Crippen LogP contribution in [0, 0.1) is 29.7 Å². The number of aromatic nitrogens is 2. The number of unbranched alkanes of at least 4 members (excludes halogenated alkanes) is 14. The first kappa shape index (κ1) is 99.6. The summed E-state index contributed by atoms with van der Waals surface area (Å²) in [6, 6.07) is 35.6. The average Bonchev–Trinajstić information content (AvgIpc) is 1.62. The van der Waals surface area contributed by atoms with Crippen molar-refractivity contribution in [1.29, 1.82) is 8.12 Å². The van der Waals surface area contributed by atoms with Gasteiger partial charge in [-0.05, 0) is 159 Å². The number of fused-ring (bicyclic) bond motifs is 6. The van der Waals surface area contributed by atoms with Gasteiger partial charge in [0.1, 0.15) is 31.6 Å². The predicted molar refractivity (Wildman–Crippen MR) is 488 cm³/mol. The van der Waals surface area contributed by atoms with Crippen molar-refractivity contribution in [3.05, 3.63) is 163 Å². The van der Waals surface area contributed by atoms with Gasteiger partial charge < -0.3 is 82.3 Å². The summed E-state index contributed by atoms with van der Waals surface area (Å²) in [6.07, 6.45) is 15.0. The summed E-state index contributed by atoms with van der Waals surface area (Å²) in [6.45, 7) is 27.0. The van der Waals surface area contributed by atoms with Crippen LogP contribution in [-0.4, -0.2) is 204 Å². The fourth-order valence-electron chi connectivity index (χ4n) is 15.3. The highest BCUT2D eigenvalue weighted by atomic mass is 31.2. The fourth-order valence-corrected chi connectivity index (χ4v) is 18.8. The number of aliphatic hydroxyl groups is 2. The zero-order chi connectivity index (χ0) is 94.4. The Kier molecular flexibility index (Phi) is 47.7. The molecule has 31 heteroatoms. The van der Waals surface area contributed by atoms with Gasteiger partial charge in [0.15, 0.2) is 6.29 Å². The van der Waals surface area contributed by atoms with E-state index in [0.29, 0.717) is 58.6 Å². The largest absolute Gasteiger partial charge is 0.508 e. The van der Waals surface area contributed by atoms with Gasteiger partial charge in [-0.3, -0.25) is 28.7 Å². The molecule has 4 aliphatic rings. The van der Waals surface area contributed by atoms with E-state index in [4.69, 9.17) is 68.7 Å². The molecule has 29 nitrogen and oxygen atoms in total. The maximum atomic E-state index is 12.9. The summed E-state index contributed by atoms with van der Waals surface area (Å²) in [5, 5.41) is 24.5. The number of aromatic amines is 1. The van der Waals surface area contributed by atoms with E-state index in [1.807, 2.05) is 76.2 Å². The normalized spacial score (nSPS) is 17.4. The van der Waals surface area contributed by atoms with Crippen LogP contribution in [0.5, 0.6) is 0 Å². The molecule has 126 heavy (non-hydrogen) atoms. The predicted octanol–water partition coefficient (Wildman–Crippen LogP) is 17.0. The second kappa shape index (κ2) is 60.3. The highest BCUT2D eigenvalue weighted by Crippen LogP contribution is 2.52. The van der Waals surface area contributed by atoms with E-state index in [1.54, 1.807) is 0 Å². The van der Waals surface area contributed by atoms with E-state index in [9.17, 15) is 33.6 Å². The van der Waals surface area contributed by atoms with Crippen LogP contribution in [0.3, 0.4) is 0 Å². The van der Waals surface area contributed by atoms with Gasteiger partial charge in [0.25, 0.3) is 22.6 Å². The van der Waals surface area contributed by atoms with Gasteiger partial charge in [-0.25, -0.2) is 30.3 Å². The molecule has 0 spiro atoms. The number of H-pyrrole nitrogens is 1. The first-order valence-electron chi connectivity index (χ1n) is 46.8. The Morgan fingerprint density at radius 1 is 0.571 bits per heavy atom. The third-order valence-corrected chi connectivity index (χ3v) is 25.6. The maximum absolute atomic E-state index is 12.9. The summed E-state index contributed by atoms with van der Waals surface area (Å²) in [7, 11) is -0.441. The van der Waals surface area contributed by atoms with Crippen LogP contribution < -0.4 is 27.2 Å². The number of hydrogen-bond acceptors (Lipinski definition) is 23. The lowest BCUT2D eigenvalue weighted by Gasteiger charge is -2.37. The summed E-state index contributed by atoms with van der Waals surface area (Å²) in [5.41, 5.74) is 7.96. The van der Waals surface area contributed by atoms with Crippen molar-refractivity contribution in [2.45, 2.75) is 290 Å². The molecule has 5 aromatic rings. The highest BCUT2D eigenvalue weighted by Gasteiger charge is 2.42. The number of nitrogens with zero attached hydrogens (tertiary/aromatic N) is 5. The van der Waals surface area contributed by atoms with Crippen LogP contribution in [0.4, 0.5) is 9.59 Å². The Morgan fingerprint density at radius 3 is 1.44 bits per heavy atom. The number of amides is 3. The molecule has 6 N–H and O–H groups in total. The van der Waals surface area contributed by atoms with Crippen LogP contribution in [0.2, 0.25) is 0 Å². The second-order valence-electron chi connectivity index (χ2n) is 32.0. The maximum Gasteiger partial charge on any atom is 0.508 e. The van der Waals surface area contributed by atoms with Crippen molar-refractivity contribution in [2.24, 2.45) is 0 Å². The minimum atomic E-state index is -1.62. The van der Waals surface area contributed by atoms with Crippen molar-refractivity contribution in [3.63, 3.8) is 0 Å². The molecule has 0 radical (unpaired) electrons. The van der Waals surface area contributed by atoms with Gasteiger partial charge >= 0.3 is 18.0 Å². The van der Waals surface area contributed by atoms with E-state index in [-0.39, 0.29) is 138 Å². The number of nitrogens with one attached hydrogen (secondary N) is 4. The molecule has 0 bridgehead atoms. The molecule has 9 rings (SSSR count). The molecule has 8 unspecified atom stereocenters. The molecule has 694 valence electrons. The molecule has 3 amide bonds. The fraction of sp³-hybridized carbons (Fsp3) is 0.611. The zero-order valence-corrected chi connectivity index (χ0v) is 77.3. The third kappa shape index (κ3) is 36.2. The molecule has 2 fully saturated rings. The van der Waals surface area contributed by atoms with Crippen molar-refractivity contribution >= 4 is 47.1 Å². The van der Waals surface area contributed by atoms with Gasteiger partial charge in [-0.15, -0.1) is 0 Å².